The van der Waals surface area contributed by atoms with Crippen LogP contribution in [0.5, 0.6) is 0 Å². The first-order valence-corrected chi connectivity index (χ1v) is 14.8. The summed E-state index contributed by atoms with van der Waals surface area (Å²) in [5, 5.41) is 0. The first-order chi connectivity index (χ1) is 14.1. The molecular formula is C20H24Cl2N2O4Pt. The van der Waals surface area contributed by atoms with E-state index in [0.29, 0.717) is 35.7 Å². The summed E-state index contributed by atoms with van der Waals surface area (Å²) in [5.41, 5.74) is 1.81. The van der Waals surface area contributed by atoms with Crippen LogP contribution >= 0.6 is 18.8 Å². The van der Waals surface area contributed by atoms with E-state index >= 15 is 0 Å². The van der Waals surface area contributed by atoms with Crippen LogP contribution in [0.4, 0.5) is 0 Å². The van der Waals surface area contributed by atoms with Gasteiger partial charge < -0.3 is 9.47 Å². The number of unbranched alkanes of at least 4 members (excludes halogenated alkanes) is 2. The number of hydrogen-bond acceptors (Lipinski definition) is 6. The van der Waals surface area contributed by atoms with Gasteiger partial charge in [-0.15, -0.1) is 0 Å². The van der Waals surface area contributed by atoms with Crippen molar-refractivity contribution < 1.29 is 35.5 Å². The average molecular weight is 622 g/mol. The summed E-state index contributed by atoms with van der Waals surface area (Å²) < 4.78 is 10.4. The Morgan fingerprint density at radius 3 is 1.59 bits per heavy atom. The SMILES string of the molecule is CCCCOC(=O)c1ccnc(-c2cc(C(=O)OCCCC)ccn2)c1.[Cl][Pt][Cl]. The fourth-order valence-electron chi connectivity index (χ4n) is 2.18. The molecule has 29 heavy (non-hydrogen) atoms. The normalized spacial score (nSPS) is 10.1. The van der Waals surface area contributed by atoms with E-state index in [-0.39, 0.29) is 0 Å². The molecule has 0 N–H and O–H groups in total. The zero-order valence-corrected chi connectivity index (χ0v) is 20.1. The summed E-state index contributed by atoms with van der Waals surface area (Å²) >= 11 is -0.472. The number of ether oxygens (including phenoxy) is 2. The molecule has 2 aromatic heterocycles. The number of nitrogens with zero attached hydrogens (tertiary/aromatic N) is 2. The molecule has 0 unspecified atom stereocenters. The second-order valence-electron chi connectivity index (χ2n) is 5.88. The van der Waals surface area contributed by atoms with Crippen LogP contribution in [0.3, 0.4) is 0 Å². The van der Waals surface area contributed by atoms with Crippen LogP contribution in [0.1, 0.15) is 60.2 Å². The summed E-state index contributed by atoms with van der Waals surface area (Å²) in [6, 6.07) is 6.42. The van der Waals surface area contributed by atoms with Gasteiger partial charge in [0.05, 0.1) is 35.7 Å². The fourth-order valence-corrected chi connectivity index (χ4v) is 2.18. The Labute approximate surface area is 187 Å². The van der Waals surface area contributed by atoms with Gasteiger partial charge >= 0.3 is 47.3 Å². The molecule has 0 aliphatic rings. The van der Waals surface area contributed by atoms with Crippen LogP contribution in [0.25, 0.3) is 11.4 Å². The van der Waals surface area contributed by atoms with Crippen molar-refractivity contribution >= 4 is 30.8 Å². The van der Waals surface area contributed by atoms with Gasteiger partial charge in [-0.05, 0) is 37.1 Å². The molecule has 0 spiro atoms. The van der Waals surface area contributed by atoms with Gasteiger partial charge in [0.1, 0.15) is 0 Å². The molecule has 0 aliphatic carbocycles. The molecular weight excluding hydrogens is 598 g/mol. The van der Waals surface area contributed by atoms with Crippen molar-refractivity contribution in [2.45, 2.75) is 39.5 Å². The quantitative estimate of drug-likeness (QED) is 0.274. The third-order valence-electron chi connectivity index (χ3n) is 3.72. The molecule has 162 valence electrons. The van der Waals surface area contributed by atoms with Gasteiger partial charge in [0, 0.05) is 12.4 Å². The van der Waals surface area contributed by atoms with Crippen molar-refractivity contribution in [2.24, 2.45) is 0 Å². The maximum atomic E-state index is 12.1. The summed E-state index contributed by atoms with van der Waals surface area (Å²) in [6.45, 7) is 4.85. The summed E-state index contributed by atoms with van der Waals surface area (Å²) in [5.74, 6) is -0.783. The van der Waals surface area contributed by atoms with E-state index in [2.05, 4.69) is 9.97 Å². The number of aromatic nitrogens is 2. The molecule has 2 aromatic rings. The van der Waals surface area contributed by atoms with E-state index in [0.717, 1.165) is 25.7 Å². The average Bonchev–Trinajstić information content (AvgIpc) is 2.75. The molecule has 9 heteroatoms. The topological polar surface area (TPSA) is 78.4 Å². The predicted octanol–water partition coefficient (Wildman–Crippen LogP) is 5.43. The Hall–Kier alpha value is -1.49. The van der Waals surface area contributed by atoms with Crippen LogP contribution in [0.2, 0.25) is 0 Å². The second-order valence-corrected chi connectivity index (χ2v) is 9.17. The fraction of sp³-hybridized carbons (Fsp3) is 0.400. The summed E-state index contributed by atoms with van der Waals surface area (Å²) in [4.78, 5) is 32.6. The van der Waals surface area contributed by atoms with Gasteiger partial charge in [0.15, 0.2) is 0 Å². The monoisotopic (exact) mass is 621 g/mol. The van der Waals surface area contributed by atoms with Crippen molar-refractivity contribution in [1.29, 1.82) is 0 Å². The molecule has 0 saturated heterocycles. The number of esters is 2. The zero-order valence-electron chi connectivity index (χ0n) is 16.3. The minimum absolute atomic E-state index is 0.391. The molecule has 0 radical (unpaired) electrons. The van der Waals surface area contributed by atoms with Gasteiger partial charge in [-0.25, -0.2) is 9.59 Å². The predicted molar refractivity (Wildman–Crippen MR) is 110 cm³/mol. The van der Waals surface area contributed by atoms with Crippen LogP contribution < -0.4 is 0 Å². The Kier molecular flexibility index (Phi) is 13.5. The van der Waals surface area contributed by atoms with Crippen LogP contribution in [-0.2, 0) is 26.0 Å². The van der Waals surface area contributed by atoms with E-state index in [1.54, 1.807) is 24.3 Å². The van der Waals surface area contributed by atoms with Crippen molar-refractivity contribution in [2.75, 3.05) is 13.2 Å². The number of carbonyl (C=O) groups is 2. The molecule has 2 heterocycles. The van der Waals surface area contributed by atoms with Gasteiger partial charge in [-0.2, -0.15) is 0 Å². The van der Waals surface area contributed by atoms with Crippen molar-refractivity contribution in [3.63, 3.8) is 0 Å². The Morgan fingerprint density at radius 1 is 0.862 bits per heavy atom. The van der Waals surface area contributed by atoms with Crippen LogP contribution in [0, 0.1) is 0 Å². The Balaban J connectivity index is 0.00000132. The number of pyridine rings is 2. The molecule has 0 atom stereocenters. The zero-order chi connectivity index (χ0) is 21.5. The number of halogens is 2. The molecule has 0 bridgehead atoms. The number of carbonyl (C=O) groups excluding carboxylic acids is 2. The maximum absolute atomic E-state index is 12.1. The molecule has 0 saturated carbocycles. The van der Waals surface area contributed by atoms with Gasteiger partial charge in [0.25, 0.3) is 0 Å². The van der Waals surface area contributed by atoms with Crippen molar-refractivity contribution in [3.8, 4) is 11.4 Å². The minimum atomic E-state index is -0.472. The third-order valence-corrected chi connectivity index (χ3v) is 3.72. The molecule has 0 amide bonds. The first kappa shape index (κ1) is 25.5. The molecule has 0 fully saturated rings. The standard InChI is InChI=1S/C20H24N2O4.2ClH.Pt/c1-3-5-11-25-19(23)15-7-9-21-17(13-15)18-14-16(8-10-22-18)20(24)26-12-6-4-2;;;/h7-10,13-14H,3-6,11-12H2,1-2H3;2*1H;/q;;;+2/p-2. The van der Waals surface area contributed by atoms with Crippen molar-refractivity contribution in [3.05, 3.63) is 47.8 Å². The van der Waals surface area contributed by atoms with Gasteiger partial charge in [-0.1, -0.05) is 26.7 Å². The van der Waals surface area contributed by atoms with Crippen LogP contribution in [0.15, 0.2) is 36.7 Å². The molecule has 0 aliphatic heterocycles. The Morgan fingerprint density at radius 2 is 1.24 bits per heavy atom. The second kappa shape index (κ2) is 15.4. The van der Waals surface area contributed by atoms with Gasteiger partial charge in [-0.3, -0.25) is 9.97 Å². The Bertz CT molecular complexity index is 714. The summed E-state index contributed by atoms with van der Waals surface area (Å²) in [7, 11) is 9.75. The van der Waals surface area contributed by atoms with E-state index in [4.69, 9.17) is 28.3 Å². The van der Waals surface area contributed by atoms with E-state index < -0.39 is 28.4 Å². The van der Waals surface area contributed by atoms with E-state index in [1.165, 1.54) is 12.4 Å². The number of rotatable bonds is 9. The van der Waals surface area contributed by atoms with Crippen molar-refractivity contribution in [1.82, 2.24) is 9.97 Å². The van der Waals surface area contributed by atoms with Crippen LogP contribution in [-0.4, -0.2) is 35.1 Å². The summed E-state index contributed by atoms with van der Waals surface area (Å²) in [6.07, 6.45) is 6.63. The van der Waals surface area contributed by atoms with E-state index in [1.807, 2.05) is 13.8 Å². The third kappa shape index (κ3) is 9.70. The first-order valence-electron chi connectivity index (χ1n) is 9.16. The van der Waals surface area contributed by atoms with Gasteiger partial charge in [0.2, 0.25) is 0 Å². The number of hydrogen-bond donors (Lipinski definition) is 0. The van der Waals surface area contributed by atoms with E-state index in [9.17, 15) is 9.59 Å². The molecule has 2 rings (SSSR count). The molecule has 6 nitrogen and oxygen atoms in total. The molecule has 0 aromatic carbocycles.